The van der Waals surface area contributed by atoms with E-state index in [2.05, 4.69) is 10.6 Å². The van der Waals surface area contributed by atoms with Gasteiger partial charge in [0.2, 0.25) is 0 Å². The van der Waals surface area contributed by atoms with Gasteiger partial charge in [0.15, 0.2) is 0 Å². The molecule has 2 aliphatic heterocycles. The molecule has 0 saturated carbocycles. The van der Waals surface area contributed by atoms with E-state index in [4.69, 9.17) is 0 Å². The Morgan fingerprint density at radius 2 is 1.95 bits per heavy atom. The standard InChI is InChI=1S/C12H21F3N4O/c13-12(14,15)9-19(10-1-3-16-4-2-10)8-7-18-6-5-17-11(18)20/h10,16H,1-9H2,(H,17,20). The van der Waals surface area contributed by atoms with Crippen molar-refractivity contribution in [3.63, 3.8) is 0 Å². The first kappa shape index (κ1) is 15.4. The molecule has 2 amide bonds. The van der Waals surface area contributed by atoms with E-state index in [1.54, 1.807) is 4.90 Å². The molecule has 0 radical (unpaired) electrons. The van der Waals surface area contributed by atoms with Gasteiger partial charge in [-0.1, -0.05) is 0 Å². The normalized spacial score (nSPS) is 21.6. The minimum atomic E-state index is -4.20. The number of carbonyl (C=O) groups excluding carboxylic acids is 1. The van der Waals surface area contributed by atoms with E-state index in [1.807, 2.05) is 0 Å². The lowest BCUT2D eigenvalue weighted by Crippen LogP contribution is -2.49. The number of urea groups is 1. The molecule has 2 heterocycles. The summed E-state index contributed by atoms with van der Waals surface area (Å²) in [6.07, 6.45) is -2.75. The molecule has 2 aliphatic rings. The van der Waals surface area contributed by atoms with Gasteiger partial charge in [-0.3, -0.25) is 4.90 Å². The van der Waals surface area contributed by atoms with Gasteiger partial charge in [0.25, 0.3) is 0 Å². The lowest BCUT2D eigenvalue weighted by molar-refractivity contribution is -0.152. The fourth-order valence-electron chi connectivity index (χ4n) is 2.77. The predicted octanol–water partition coefficient (Wildman–Crippen LogP) is 0.628. The fourth-order valence-corrected chi connectivity index (χ4v) is 2.77. The summed E-state index contributed by atoms with van der Waals surface area (Å²) >= 11 is 0. The molecule has 2 rings (SSSR count). The van der Waals surface area contributed by atoms with Crippen LogP contribution in [0.3, 0.4) is 0 Å². The van der Waals surface area contributed by atoms with Crippen molar-refractivity contribution < 1.29 is 18.0 Å². The van der Waals surface area contributed by atoms with E-state index < -0.39 is 12.7 Å². The number of nitrogens with one attached hydrogen (secondary N) is 2. The summed E-state index contributed by atoms with van der Waals surface area (Å²) in [7, 11) is 0. The maximum atomic E-state index is 12.7. The number of rotatable bonds is 5. The van der Waals surface area contributed by atoms with Gasteiger partial charge in [-0.25, -0.2) is 4.79 Å². The highest BCUT2D eigenvalue weighted by atomic mass is 19.4. The third-order valence-corrected chi connectivity index (χ3v) is 3.81. The number of hydrogen-bond acceptors (Lipinski definition) is 3. The van der Waals surface area contributed by atoms with Crippen molar-refractivity contribution in [2.45, 2.75) is 25.1 Å². The molecule has 0 aromatic rings. The van der Waals surface area contributed by atoms with Gasteiger partial charge < -0.3 is 15.5 Å². The van der Waals surface area contributed by atoms with Crippen LogP contribution in [0.4, 0.5) is 18.0 Å². The minimum absolute atomic E-state index is 0.0523. The van der Waals surface area contributed by atoms with Crippen LogP contribution in [0.2, 0.25) is 0 Å². The molecule has 8 heteroatoms. The first-order chi connectivity index (χ1) is 9.46. The quantitative estimate of drug-likeness (QED) is 0.782. The van der Waals surface area contributed by atoms with Crippen molar-refractivity contribution in [3.05, 3.63) is 0 Å². The van der Waals surface area contributed by atoms with Crippen LogP contribution in [0.15, 0.2) is 0 Å². The highest BCUT2D eigenvalue weighted by Crippen LogP contribution is 2.21. The van der Waals surface area contributed by atoms with Crippen LogP contribution in [0.25, 0.3) is 0 Å². The summed E-state index contributed by atoms with van der Waals surface area (Å²) in [5.41, 5.74) is 0. The molecule has 0 bridgehead atoms. The molecule has 0 aromatic carbocycles. The summed E-state index contributed by atoms with van der Waals surface area (Å²) in [6.45, 7) is 2.39. The zero-order chi connectivity index (χ0) is 14.6. The lowest BCUT2D eigenvalue weighted by atomic mass is 10.0. The number of alkyl halides is 3. The highest BCUT2D eigenvalue weighted by Gasteiger charge is 2.34. The van der Waals surface area contributed by atoms with Crippen LogP contribution in [-0.4, -0.2) is 73.9 Å². The van der Waals surface area contributed by atoms with E-state index in [-0.39, 0.29) is 18.6 Å². The van der Waals surface area contributed by atoms with Crippen molar-refractivity contribution in [1.82, 2.24) is 20.4 Å². The first-order valence-electron chi connectivity index (χ1n) is 7.00. The highest BCUT2D eigenvalue weighted by molar-refractivity contribution is 5.76. The number of nitrogens with zero attached hydrogens (tertiary/aromatic N) is 2. The molecule has 0 aromatic heterocycles. The Morgan fingerprint density at radius 1 is 1.25 bits per heavy atom. The fraction of sp³-hybridized carbons (Fsp3) is 0.917. The number of carbonyl (C=O) groups is 1. The van der Waals surface area contributed by atoms with Gasteiger partial charge in [-0.2, -0.15) is 13.2 Å². The Bertz CT molecular complexity index is 331. The van der Waals surface area contributed by atoms with Crippen LogP contribution in [-0.2, 0) is 0 Å². The van der Waals surface area contributed by atoms with E-state index in [1.165, 1.54) is 4.90 Å². The maximum absolute atomic E-state index is 12.7. The van der Waals surface area contributed by atoms with Crippen LogP contribution >= 0.6 is 0 Å². The molecule has 0 unspecified atom stereocenters. The molecule has 2 saturated heterocycles. The van der Waals surface area contributed by atoms with Crippen LogP contribution < -0.4 is 10.6 Å². The molecule has 2 N–H and O–H groups in total. The Hall–Kier alpha value is -1.02. The van der Waals surface area contributed by atoms with Crippen molar-refractivity contribution in [1.29, 1.82) is 0 Å². The number of amides is 2. The summed E-state index contributed by atoms with van der Waals surface area (Å²) < 4.78 is 38.1. The molecule has 20 heavy (non-hydrogen) atoms. The SMILES string of the molecule is O=C1NCCN1CCN(CC(F)(F)F)C1CCNCC1. The molecule has 5 nitrogen and oxygen atoms in total. The second-order valence-electron chi connectivity index (χ2n) is 5.29. The first-order valence-corrected chi connectivity index (χ1v) is 7.00. The van der Waals surface area contributed by atoms with Gasteiger partial charge in [0.05, 0.1) is 6.54 Å². The zero-order valence-corrected chi connectivity index (χ0v) is 11.4. The van der Waals surface area contributed by atoms with E-state index >= 15 is 0 Å². The van der Waals surface area contributed by atoms with Crippen LogP contribution in [0, 0.1) is 0 Å². The Kier molecular flexibility index (Phi) is 5.09. The van der Waals surface area contributed by atoms with Gasteiger partial charge >= 0.3 is 12.2 Å². The molecular weight excluding hydrogens is 273 g/mol. The Balaban J connectivity index is 1.89. The van der Waals surface area contributed by atoms with Crippen LogP contribution in [0.1, 0.15) is 12.8 Å². The topological polar surface area (TPSA) is 47.6 Å². The van der Waals surface area contributed by atoms with E-state index in [9.17, 15) is 18.0 Å². The molecule has 0 aliphatic carbocycles. The van der Waals surface area contributed by atoms with Gasteiger partial charge in [-0.05, 0) is 25.9 Å². The molecule has 0 atom stereocenters. The third kappa shape index (κ3) is 4.52. The Morgan fingerprint density at radius 3 is 2.50 bits per heavy atom. The van der Waals surface area contributed by atoms with Gasteiger partial charge in [0.1, 0.15) is 0 Å². The summed E-state index contributed by atoms with van der Waals surface area (Å²) in [5.74, 6) is 0. The largest absolute Gasteiger partial charge is 0.401 e. The van der Waals surface area contributed by atoms with Crippen molar-refractivity contribution in [2.75, 3.05) is 45.8 Å². The molecule has 0 spiro atoms. The molecule has 116 valence electrons. The van der Waals surface area contributed by atoms with Gasteiger partial charge in [0, 0.05) is 32.2 Å². The second-order valence-corrected chi connectivity index (χ2v) is 5.29. The summed E-state index contributed by atoms with van der Waals surface area (Å²) in [6, 6.07) is -0.231. The zero-order valence-electron chi connectivity index (χ0n) is 11.4. The monoisotopic (exact) mass is 294 g/mol. The summed E-state index contributed by atoms with van der Waals surface area (Å²) in [5, 5.41) is 5.81. The second kappa shape index (κ2) is 6.62. The van der Waals surface area contributed by atoms with Crippen LogP contribution in [0.5, 0.6) is 0 Å². The number of halogens is 3. The average molecular weight is 294 g/mol. The van der Waals surface area contributed by atoms with E-state index in [0.29, 0.717) is 19.6 Å². The summed E-state index contributed by atoms with van der Waals surface area (Å²) in [4.78, 5) is 14.5. The Labute approximate surface area is 116 Å². The lowest BCUT2D eigenvalue weighted by Gasteiger charge is -2.35. The van der Waals surface area contributed by atoms with Crippen molar-refractivity contribution in [3.8, 4) is 0 Å². The minimum Gasteiger partial charge on any atom is -0.336 e. The van der Waals surface area contributed by atoms with Crippen molar-refractivity contribution in [2.24, 2.45) is 0 Å². The number of hydrogen-bond donors (Lipinski definition) is 2. The predicted molar refractivity (Wildman–Crippen MR) is 68.5 cm³/mol. The average Bonchev–Trinajstić information content (AvgIpc) is 2.80. The third-order valence-electron chi connectivity index (χ3n) is 3.81. The molecular formula is C12H21F3N4O. The number of piperidine rings is 1. The van der Waals surface area contributed by atoms with Crippen molar-refractivity contribution >= 4 is 6.03 Å². The molecule has 2 fully saturated rings. The van der Waals surface area contributed by atoms with E-state index in [0.717, 1.165) is 25.9 Å². The van der Waals surface area contributed by atoms with Gasteiger partial charge in [-0.15, -0.1) is 0 Å². The smallest absolute Gasteiger partial charge is 0.336 e. The maximum Gasteiger partial charge on any atom is 0.401 e.